The van der Waals surface area contributed by atoms with Crippen molar-refractivity contribution < 1.29 is 19.1 Å². The Labute approximate surface area is 155 Å². The molecule has 0 aliphatic carbocycles. The molecule has 0 spiro atoms. The highest BCUT2D eigenvalue weighted by Gasteiger charge is 2.45. The van der Waals surface area contributed by atoms with Crippen LogP contribution in [-0.4, -0.2) is 21.8 Å². The standard InChI is InChI=1S/C18H11FN2O3S2/c19-11-5-3-10(4-6-11)14-13(15(22)12-2-1-8-25-12)16(23)17(24)21(14)18-20-7-9-26-18/h1-9,14,23H. The third-order valence-corrected chi connectivity index (χ3v) is 5.65. The number of hydrogen-bond donors (Lipinski definition) is 1. The van der Waals surface area contributed by atoms with E-state index in [1.54, 1.807) is 22.9 Å². The topological polar surface area (TPSA) is 70.5 Å². The number of nitrogens with zero attached hydrogens (tertiary/aromatic N) is 2. The number of aliphatic hydroxyl groups excluding tert-OH is 1. The van der Waals surface area contributed by atoms with Gasteiger partial charge in [-0.15, -0.1) is 22.7 Å². The molecule has 2 aromatic heterocycles. The molecule has 1 aromatic carbocycles. The highest BCUT2D eigenvalue weighted by Crippen LogP contribution is 2.42. The molecule has 3 aromatic rings. The lowest BCUT2D eigenvalue weighted by Crippen LogP contribution is -2.30. The maximum Gasteiger partial charge on any atom is 0.296 e. The third kappa shape index (κ3) is 2.63. The molecular weight excluding hydrogens is 375 g/mol. The van der Waals surface area contributed by atoms with Gasteiger partial charge < -0.3 is 5.11 Å². The molecule has 130 valence electrons. The fourth-order valence-corrected chi connectivity index (χ4v) is 4.22. The number of carbonyl (C=O) groups excluding carboxylic acids is 2. The first-order valence-corrected chi connectivity index (χ1v) is 9.33. The number of Topliss-reactive ketones (excluding diaryl/α,β-unsaturated/α-hetero) is 1. The van der Waals surface area contributed by atoms with E-state index in [1.165, 1.54) is 58.0 Å². The smallest absolute Gasteiger partial charge is 0.296 e. The molecule has 3 heterocycles. The van der Waals surface area contributed by atoms with E-state index in [0.29, 0.717) is 15.6 Å². The summed E-state index contributed by atoms with van der Waals surface area (Å²) in [4.78, 5) is 31.5. The number of halogens is 1. The van der Waals surface area contributed by atoms with Crippen LogP contribution in [0.15, 0.2) is 64.7 Å². The Balaban J connectivity index is 1.88. The van der Waals surface area contributed by atoms with Crippen LogP contribution in [0.2, 0.25) is 0 Å². The summed E-state index contributed by atoms with van der Waals surface area (Å²) in [5.74, 6) is -2.17. The number of amides is 1. The first-order valence-electron chi connectivity index (χ1n) is 7.58. The second-order valence-corrected chi connectivity index (χ2v) is 7.33. The van der Waals surface area contributed by atoms with Gasteiger partial charge in [0.15, 0.2) is 10.9 Å². The SMILES string of the molecule is O=C(C1=C(O)C(=O)N(c2nccs2)C1c1ccc(F)cc1)c1cccs1. The molecule has 1 aliphatic heterocycles. The van der Waals surface area contributed by atoms with Crippen LogP contribution >= 0.6 is 22.7 Å². The Hall–Kier alpha value is -2.84. The minimum absolute atomic E-state index is 0.0285. The van der Waals surface area contributed by atoms with Crippen LogP contribution in [0.4, 0.5) is 9.52 Å². The molecule has 5 nitrogen and oxygen atoms in total. The van der Waals surface area contributed by atoms with Crippen molar-refractivity contribution in [3.8, 4) is 0 Å². The van der Waals surface area contributed by atoms with E-state index in [9.17, 15) is 19.1 Å². The van der Waals surface area contributed by atoms with Gasteiger partial charge in [-0.2, -0.15) is 0 Å². The van der Waals surface area contributed by atoms with E-state index < -0.39 is 29.3 Å². The van der Waals surface area contributed by atoms with Crippen molar-refractivity contribution in [3.63, 3.8) is 0 Å². The fraction of sp³-hybridized carbons (Fsp3) is 0.0556. The number of thiophene rings is 1. The lowest BCUT2D eigenvalue weighted by atomic mass is 9.95. The fourth-order valence-electron chi connectivity index (χ4n) is 2.87. The average Bonchev–Trinajstić information content (AvgIpc) is 3.38. The Morgan fingerprint density at radius 2 is 1.92 bits per heavy atom. The number of aliphatic hydroxyl groups is 1. The molecule has 26 heavy (non-hydrogen) atoms. The summed E-state index contributed by atoms with van der Waals surface area (Å²) in [7, 11) is 0. The number of benzene rings is 1. The second-order valence-electron chi connectivity index (χ2n) is 5.51. The minimum atomic E-state index is -0.871. The molecule has 1 N–H and O–H groups in total. The zero-order valence-corrected chi connectivity index (χ0v) is 14.8. The molecule has 1 aliphatic rings. The molecule has 8 heteroatoms. The number of ketones is 1. The Morgan fingerprint density at radius 3 is 2.54 bits per heavy atom. The van der Waals surface area contributed by atoms with Crippen LogP contribution < -0.4 is 4.90 Å². The Morgan fingerprint density at radius 1 is 1.15 bits per heavy atom. The van der Waals surface area contributed by atoms with E-state index in [-0.39, 0.29) is 5.57 Å². The summed E-state index contributed by atoms with van der Waals surface area (Å²) in [5, 5.41) is 14.2. The summed E-state index contributed by atoms with van der Waals surface area (Å²) >= 11 is 2.43. The maximum atomic E-state index is 13.4. The van der Waals surface area contributed by atoms with Gasteiger partial charge in [0.25, 0.3) is 5.91 Å². The van der Waals surface area contributed by atoms with Crippen molar-refractivity contribution in [2.24, 2.45) is 0 Å². The third-order valence-electron chi connectivity index (χ3n) is 4.01. The zero-order valence-electron chi connectivity index (χ0n) is 13.1. The van der Waals surface area contributed by atoms with Crippen LogP contribution in [0.1, 0.15) is 21.3 Å². The van der Waals surface area contributed by atoms with Gasteiger partial charge >= 0.3 is 0 Å². The number of anilines is 1. The molecule has 0 fully saturated rings. The van der Waals surface area contributed by atoms with Crippen molar-refractivity contribution >= 4 is 39.5 Å². The van der Waals surface area contributed by atoms with E-state index in [4.69, 9.17) is 0 Å². The molecule has 4 rings (SSSR count). The molecule has 1 unspecified atom stereocenters. The molecule has 0 saturated heterocycles. The largest absolute Gasteiger partial charge is 0.503 e. The maximum absolute atomic E-state index is 13.4. The van der Waals surface area contributed by atoms with Gasteiger partial charge in [-0.3, -0.25) is 14.5 Å². The van der Waals surface area contributed by atoms with Gasteiger partial charge in [0.05, 0.1) is 16.5 Å². The van der Waals surface area contributed by atoms with Crippen LogP contribution in [0.5, 0.6) is 0 Å². The Bertz CT molecular complexity index is 996. The van der Waals surface area contributed by atoms with Crippen molar-refractivity contribution in [1.29, 1.82) is 0 Å². The summed E-state index contributed by atoms with van der Waals surface area (Å²) in [6, 6.07) is 7.97. The van der Waals surface area contributed by atoms with Crippen LogP contribution in [0.25, 0.3) is 0 Å². The molecule has 0 bridgehead atoms. The van der Waals surface area contributed by atoms with Crippen LogP contribution in [-0.2, 0) is 4.79 Å². The second kappa shape index (κ2) is 6.47. The Kier molecular flexibility index (Phi) is 4.14. The van der Waals surface area contributed by atoms with Crippen LogP contribution in [0.3, 0.4) is 0 Å². The first-order chi connectivity index (χ1) is 12.6. The van der Waals surface area contributed by atoms with Crippen molar-refractivity contribution in [2.75, 3.05) is 4.90 Å². The first kappa shape index (κ1) is 16.6. The normalized spacial score (nSPS) is 17.2. The quantitative estimate of drug-likeness (QED) is 0.685. The van der Waals surface area contributed by atoms with Gasteiger partial charge in [0.1, 0.15) is 5.82 Å². The summed E-state index contributed by atoms with van der Waals surface area (Å²) in [6.07, 6.45) is 1.53. The highest BCUT2D eigenvalue weighted by molar-refractivity contribution is 7.14. The van der Waals surface area contributed by atoms with E-state index in [0.717, 1.165) is 0 Å². The van der Waals surface area contributed by atoms with Crippen molar-refractivity contribution in [3.05, 3.63) is 80.9 Å². The number of rotatable bonds is 4. The summed E-state index contributed by atoms with van der Waals surface area (Å²) in [5.41, 5.74) is 0.484. The number of aromatic nitrogens is 1. The minimum Gasteiger partial charge on any atom is -0.503 e. The predicted molar refractivity (Wildman–Crippen MR) is 97.0 cm³/mol. The molecule has 0 radical (unpaired) electrons. The van der Waals surface area contributed by atoms with Crippen molar-refractivity contribution in [1.82, 2.24) is 4.98 Å². The van der Waals surface area contributed by atoms with Gasteiger partial charge in [0.2, 0.25) is 5.78 Å². The highest BCUT2D eigenvalue weighted by atomic mass is 32.1. The van der Waals surface area contributed by atoms with Crippen molar-refractivity contribution in [2.45, 2.75) is 6.04 Å². The van der Waals surface area contributed by atoms with Gasteiger partial charge in [-0.05, 0) is 29.1 Å². The van der Waals surface area contributed by atoms with E-state index in [2.05, 4.69) is 4.98 Å². The van der Waals surface area contributed by atoms with E-state index in [1.807, 2.05) is 0 Å². The van der Waals surface area contributed by atoms with Gasteiger partial charge in [0, 0.05) is 11.6 Å². The lowest BCUT2D eigenvalue weighted by Gasteiger charge is -2.24. The summed E-state index contributed by atoms with van der Waals surface area (Å²) < 4.78 is 13.4. The number of hydrogen-bond acceptors (Lipinski definition) is 6. The van der Waals surface area contributed by atoms with Gasteiger partial charge in [-0.25, -0.2) is 9.37 Å². The average molecular weight is 386 g/mol. The number of carbonyl (C=O) groups is 2. The molecule has 1 amide bonds. The molecular formula is C18H11FN2O3S2. The lowest BCUT2D eigenvalue weighted by molar-refractivity contribution is -0.117. The van der Waals surface area contributed by atoms with E-state index >= 15 is 0 Å². The predicted octanol–water partition coefficient (Wildman–Crippen LogP) is 4.13. The number of thiazole rings is 1. The van der Waals surface area contributed by atoms with Crippen LogP contribution in [0, 0.1) is 5.82 Å². The van der Waals surface area contributed by atoms with Gasteiger partial charge in [-0.1, -0.05) is 18.2 Å². The molecule has 0 saturated carbocycles. The summed E-state index contributed by atoms with van der Waals surface area (Å²) in [6.45, 7) is 0. The monoisotopic (exact) mass is 386 g/mol. The molecule has 1 atom stereocenters. The zero-order chi connectivity index (χ0) is 18.3.